The molecule has 1 aliphatic heterocycles. The van der Waals surface area contributed by atoms with Crippen LogP contribution in [0.1, 0.15) is 156 Å². The minimum atomic E-state index is -0.478. The summed E-state index contributed by atoms with van der Waals surface area (Å²) < 4.78 is 21.8. The van der Waals surface area contributed by atoms with E-state index < -0.39 is 12.2 Å². The maximum atomic E-state index is 12.5. The molecule has 0 aliphatic carbocycles. The fourth-order valence-electron chi connectivity index (χ4n) is 6.29. The molecular formula is C40H76N4O8. The van der Waals surface area contributed by atoms with Crippen molar-refractivity contribution < 1.29 is 38.1 Å². The van der Waals surface area contributed by atoms with E-state index in [1.165, 1.54) is 64.2 Å². The van der Waals surface area contributed by atoms with E-state index in [4.69, 9.17) is 18.9 Å². The van der Waals surface area contributed by atoms with E-state index in [-0.39, 0.29) is 63.3 Å². The van der Waals surface area contributed by atoms with Crippen molar-refractivity contribution in [3.63, 3.8) is 0 Å². The Balaban J connectivity index is 2.29. The molecule has 52 heavy (non-hydrogen) atoms. The van der Waals surface area contributed by atoms with Crippen LogP contribution in [0.3, 0.4) is 0 Å². The van der Waals surface area contributed by atoms with Crippen LogP contribution < -0.4 is 10.6 Å². The molecule has 1 rings (SSSR count). The van der Waals surface area contributed by atoms with Crippen molar-refractivity contribution >= 4 is 24.1 Å². The first-order valence-corrected chi connectivity index (χ1v) is 21.0. The molecule has 0 spiro atoms. The molecule has 12 heteroatoms. The molecule has 1 fully saturated rings. The van der Waals surface area contributed by atoms with E-state index in [0.717, 1.165) is 77.5 Å². The Labute approximate surface area is 316 Å². The van der Waals surface area contributed by atoms with Gasteiger partial charge < -0.3 is 39.4 Å². The quantitative estimate of drug-likeness (QED) is 0.0390. The third kappa shape index (κ3) is 27.1. The lowest BCUT2D eigenvalue weighted by Gasteiger charge is -2.24. The zero-order chi connectivity index (χ0) is 38.1. The van der Waals surface area contributed by atoms with Crippen molar-refractivity contribution in [2.24, 2.45) is 0 Å². The van der Waals surface area contributed by atoms with Crippen LogP contribution in [-0.4, -0.2) is 112 Å². The van der Waals surface area contributed by atoms with Crippen molar-refractivity contribution in [2.45, 2.75) is 168 Å². The van der Waals surface area contributed by atoms with Gasteiger partial charge in [0, 0.05) is 26.2 Å². The molecule has 1 saturated heterocycles. The molecule has 0 radical (unpaired) electrons. The summed E-state index contributed by atoms with van der Waals surface area (Å²) in [6.07, 6.45) is 19.3. The van der Waals surface area contributed by atoms with Gasteiger partial charge in [-0.3, -0.25) is 9.59 Å². The van der Waals surface area contributed by atoms with Gasteiger partial charge in [0.2, 0.25) is 0 Å². The maximum Gasteiger partial charge on any atom is 0.407 e. The van der Waals surface area contributed by atoms with Gasteiger partial charge in [-0.2, -0.15) is 0 Å². The number of nitrogens with one attached hydrogen (secondary N) is 2. The average molecular weight is 741 g/mol. The minimum absolute atomic E-state index is 0.0715. The Morgan fingerprint density at radius 1 is 0.596 bits per heavy atom. The topological polar surface area (TPSA) is 136 Å². The summed E-state index contributed by atoms with van der Waals surface area (Å²) in [6.45, 7) is 13.6. The number of ether oxygens (including phenoxy) is 4. The van der Waals surface area contributed by atoms with E-state index in [1.54, 1.807) is 0 Å². The van der Waals surface area contributed by atoms with Crippen LogP contribution in [0.15, 0.2) is 0 Å². The number of hydrogen-bond donors (Lipinski definition) is 2. The van der Waals surface area contributed by atoms with Crippen molar-refractivity contribution in [1.29, 1.82) is 0 Å². The zero-order valence-corrected chi connectivity index (χ0v) is 33.5. The molecule has 2 atom stereocenters. The van der Waals surface area contributed by atoms with Gasteiger partial charge in [0.1, 0.15) is 25.4 Å². The van der Waals surface area contributed by atoms with Gasteiger partial charge in [0.05, 0.1) is 25.9 Å². The molecule has 304 valence electrons. The van der Waals surface area contributed by atoms with Crippen LogP contribution in [0.25, 0.3) is 0 Å². The summed E-state index contributed by atoms with van der Waals surface area (Å²) >= 11 is 0. The highest BCUT2D eigenvalue weighted by molar-refractivity contribution is 5.71. The van der Waals surface area contributed by atoms with Crippen molar-refractivity contribution in [1.82, 2.24) is 20.4 Å². The average Bonchev–Trinajstić information content (AvgIpc) is 3.67. The molecular weight excluding hydrogens is 664 g/mol. The number of carbonyl (C=O) groups excluding carboxylic acids is 4. The highest BCUT2D eigenvalue weighted by Crippen LogP contribution is 2.14. The highest BCUT2D eigenvalue weighted by Gasteiger charge is 2.17. The summed E-state index contributed by atoms with van der Waals surface area (Å²) in [4.78, 5) is 54.0. The second-order valence-corrected chi connectivity index (χ2v) is 14.2. The van der Waals surface area contributed by atoms with Crippen molar-refractivity contribution in [2.75, 3.05) is 65.6 Å². The Hall–Kier alpha value is -2.60. The molecule has 0 bridgehead atoms. The zero-order valence-electron chi connectivity index (χ0n) is 33.5. The number of carbonyl (C=O) groups is 4. The molecule has 0 aromatic heterocycles. The molecule has 1 aliphatic rings. The largest absolute Gasteiger partial charge is 0.464 e. The Kier molecular flexibility index (Phi) is 30.1. The van der Waals surface area contributed by atoms with Crippen LogP contribution >= 0.6 is 0 Å². The van der Waals surface area contributed by atoms with Crippen LogP contribution in [0.4, 0.5) is 9.59 Å². The SMILES string of the molecule is CCCCCCCCC(CC)OC(=O)NCCOC(=O)CCN(CCC(=O)OCCNC(=O)OC(CC)CCCCCCCC)CCN1CCCC1. The van der Waals surface area contributed by atoms with E-state index >= 15 is 0 Å². The first kappa shape index (κ1) is 47.4. The molecule has 0 aromatic rings. The molecule has 2 N–H and O–H groups in total. The molecule has 12 nitrogen and oxygen atoms in total. The number of rotatable bonds is 33. The second kappa shape index (κ2) is 33.0. The number of nitrogens with zero attached hydrogens (tertiary/aromatic N) is 2. The fourth-order valence-corrected chi connectivity index (χ4v) is 6.29. The number of unbranched alkanes of at least 4 members (excludes halogenated alkanes) is 10. The van der Waals surface area contributed by atoms with Crippen LogP contribution in [0.2, 0.25) is 0 Å². The second-order valence-electron chi connectivity index (χ2n) is 14.2. The lowest BCUT2D eigenvalue weighted by molar-refractivity contribution is -0.144. The van der Waals surface area contributed by atoms with Gasteiger partial charge in [-0.1, -0.05) is 91.9 Å². The Bertz CT molecular complexity index is 856. The number of hydrogen-bond acceptors (Lipinski definition) is 10. The van der Waals surface area contributed by atoms with Crippen molar-refractivity contribution in [3.05, 3.63) is 0 Å². The van der Waals surface area contributed by atoms with E-state index in [2.05, 4.69) is 34.3 Å². The molecule has 0 saturated carbocycles. The van der Waals surface area contributed by atoms with E-state index in [1.807, 2.05) is 13.8 Å². The smallest absolute Gasteiger partial charge is 0.407 e. The lowest BCUT2D eigenvalue weighted by atomic mass is 10.1. The highest BCUT2D eigenvalue weighted by atomic mass is 16.6. The summed E-state index contributed by atoms with van der Waals surface area (Å²) in [5, 5.41) is 5.37. The summed E-state index contributed by atoms with van der Waals surface area (Å²) in [7, 11) is 0. The normalized spacial score (nSPS) is 14.2. The number of esters is 2. The van der Waals surface area contributed by atoms with Crippen LogP contribution in [-0.2, 0) is 28.5 Å². The van der Waals surface area contributed by atoms with Gasteiger partial charge in [-0.05, 0) is 64.5 Å². The van der Waals surface area contributed by atoms with Gasteiger partial charge in [0.25, 0.3) is 0 Å². The first-order chi connectivity index (χ1) is 25.3. The summed E-state index contributed by atoms with van der Waals surface area (Å²) in [5.74, 6) is -0.706. The lowest BCUT2D eigenvalue weighted by Crippen LogP contribution is -2.37. The third-order valence-corrected chi connectivity index (χ3v) is 9.68. The van der Waals surface area contributed by atoms with Gasteiger partial charge in [0.15, 0.2) is 0 Å². The summed E-state index contributed by atoms with van der Waals surface area (Å²) in [5.41, 5.74) is 0. The van der Waals surface area contributed by atoms with E-state index in [0.29, 0.717) is 13.1 Å². The molecule has 2 unspecified atom stereocenters. The number of amides is 2. The van der Waals surface area contributed by atoms with Gasteiger partial charge in [-0.15, -0.1) is 0 Å². The van der Waals surface area contributed by atoms with Gasteiger partial charge in [-0.25, -0.2) is 9.59 Å². The van der Waals surface area contributed by atoms with Crippen molar-refractivity contribution in [3.8, 4) is 0 Å². The molecule has 1 heterocycles. The third-order valence-electron chi connectivity index (χ3n) is 9.68. The monoisotopic (exact) mass is 741 g/mol. The predicted molar refractivity (Wildman–Crippen MR) is 206 cm³/mol. The maximum absolute atomic E-state index is 12.5. The molecule has 2 amide bonds. The van der Waals surface area contributed by atoms with Crippen LogP contribution in [0.5, 0.6) is 0 Å². The first-order valence-electron chi connectivity index (χ1n) is 21.0. The Morgan fingerprint density at radius 2 is 1.02 bits per heavy atom. The fraction of sp³-hybridized carbons (Fsp3) is 0.900. The van der Waals surface area contributed by atoms with Crippen LogP contribution in [0, 0.1) is 0 Å². The predicted octanol–water partition coefficient (Wildman–Crippen LogP) is 7.76. The minimum Gasteiger partial charge on any atom is -0.464 e. The number of likely N-dealkylation sites (tertiary alicyclic amines) is 1. The standard InChI is InChI=1S/C40H76N4O8/c1-5-9-11-13-15-17-21-35(7-3)51-39(47)41-25-33-49-37(45)23-29-44(32-31-43-27-19-20-28-43)30-24-38(46)50-34-26-42-40(48)52-36(8-4)22-18-16-14-12-10-6-2/h35-36H,5-34H2,1-4H3,(H,41,47)(H,42,48). The van der Waals surface area contributed by atoms with Gasteiger partial charge >= 0.3 is 24.1 Å². The number of alkyl carbamates (subject to hydrolysis) is 2. The molecule has 0 aromatic carbocycles. The van der Waals surface area contributed by atoms with E-state index in [9.17, 15) is 19.2 Å². The Morgan fingerprint density at radius 3 is 1.44 bits per heavy atom. The summed E-state index contributed by atoms with van der Waals surface area (Å²) in [6, 6.07) is 0.